The fraction of sp³-hybridized carbons (Fsp3) is 0.267. The number of benzene rings is 1. The highest BCUT2D eigenvalue weighted by Crippen LogP contribution is 2.38. The predicted octanol–water partition coefficient (Wildman–Crippen LogP) is 3.11. The van der Waals surface area contributed by atoms with Gasteiger partial charge in [-0.1, -0.05) is 11.8 Å². The van der Waals surface area contributed by atoms with Gasteiger partial charge in [0.15, 0.2) is 15.8 Å². The van der Waals surface area contributed by atoms with Crippen molar-refractivity contribution in [3.05, 3.63) is 27.1 Å². The summed E-state index contributed by atoms with van der Waals surface area (Å²) < 4.78 is 11.9. The van der Waals surface area contributed by atoms with Gasteiger partial charge in [0.25, 0.3) is 5.91 Å². The molecule has 0 atom stereocenters. The molecule has 1 aliphatic heterocycles. The Morgan fingerprint density at radius 3 is 2.79 bits per heavy atom. The first-order valence-corrected chi connectivity index (χ1v) is 8.94. The fourth-order valence-corrected chi connectivity index (χ4v) is 3.73. The summed E-state index contributed by atoms with van der Waals surface area (Å²) in [5.74, 6) is 0.417. The molecule has 1 fully saturated rings. The Bertz CT molecular complexity index is 736. The molecule has 0 saturated carbocycles. The van der Waals surface area contributed by atoms with E-state index in [-0.39, 0.29) is 16.1 Å². The number of halogens is 1. The summed E-state index contributed by atoms with van der Waals surface area (Å²) in [5, 5.41) is 1.06. The Hall–Kier alpha value is -1.58. The van der Waals surface area contributed by atoms with Crippen LogP contribution in [0.2, 0.25) is 0 Å². The van der Waals surface area contributed by atoms with Crippen LogP contribution in [0.4, 0.5) is 0 Å². The number of hydrogen-bond acceptors (Lipinski definition) is 6. The van der Waals surface area contributed by atoms with E-state index < -0.39 is 0 Å². The van der Waals surface area contributed by atoms with Crippen molar-refractivity contribution >= 4 is 62.1 Å². The first-order chi connectivity index (χ1) is 11.4. The van der Waals surface area contributed by atoms with Gasteiger partial charge in [-0.05, 0) is 58.8 Å². The summed E-state index contributed by atoms with van der Waals surface area (Å²) in [5.41, 5.74) is 3.15. The van der Waals surface area contributed by atoms with Gasteiger partial charge in [0.05, 0.1) is 23.1 Å². The van der Waals surface area contributed by atoms with Crippen molar-refractivity contribution in [1.82, 2.24) is 10.4 Å². The van der Waals surface area contributed by atoms with Crippen LogP contribution in [0.5, 0.6) is 11.5 Å². The Balaban J connectivity index is 2.35. The average Bonchev–Trinajstić information content (AvgIpc) is 2.77. The largest absolute Gasteiger partial charge is 0.493 e. The van der Waals surface area contributed by atoms with Gasteiger partial charge in [0.2, 0.25) is 5.91 Å². The van der Waals surface area contributed by atoms with Crippen LogP contribution in [0, 0.1) is 0 Å². The van der Waals surface area contributed by atoms with Crippen molar-refractivity contribution in [2.75, 3.05) is 13.7 Å². The number of hydrogen-bond donors (Lipinski definition) is 1. The number of carbonyl (C=O) groups excluding carboxylic acids is 2. The van der Waals surface area contributed by atoms with Gasteiger partial charge >= 0.3 is 0 Å². The lowest BCUT2D eigenvalue weighted by Gasteiger charge is -2.13. The second kappa shape index (κ2) is 8.00. The molecule has 0 aromatic heterocycles. The molecule has 6 nitrogen and oxygen atoms in total. The van der Waals surface area contributed by atoms with Crippen LogP contribution in [0.25, 0.3) is 6.08 Å². The molecule has 9 heteroatoms. The van der Waals surface area contributed by atoms with Crippen LogP contribution in [-0.2, 0) is 9.59 Å². The van der Waals surface area contributed by atoms with E-state index in [4.69, 9.17) is 21.7 Å². The molecule has 0 unspecified atom stereocenters. The van der Waals surface area contributed by atoms with Crippen molar-refractivity contribution < 1.29 is 19.1 Å². The standard InChI is InChI=1S/C15H15BrN2O4S2/c1-4-22-13-10(16)5-9(6-11(13)21-3)7-12-14(20)18(15(23)24-12)17-8(2)19/h5-7H,4H2,1-3H3,(H,17,19)/b12-7+. The number of rotatable bonds is 5. The second-order valence-electron chi connectivity index (χ2n) is 4.65. The van der Waals surface area contributed by atoms with Crippen LogP contribution < -0.4 is 14.9 Å². The SMILES string of the molecule is CCOc1c(Br)cc(/C=C2/SC(=S)N(NC(C)=O)C2=O)cc1OC. The Morgan fingerprint density at radius 1 is 1.50 bits per heavy atom. The number of hydrazine groups is 1. The van der Waals surface area contributed by atoms with Crippen LogP contribution in [-0.4, -0.2) is 34.9 Å². The van der Waals surface area contributed by atoms with Gasteiger partial charge in [-0.3, -0.25) is 15.0 Å². The van der Waals surface area contributed by atoms with Crippen LogP contribution in [0.1, 0.15) is 19.4 Å². The van der Waals surface area contributed by atoms with E-state index in [0.29, 0.717) is 27.5 Å². The van der Waals surface area contributed by atoms with Crippen molar-refractivity contribution in [2.45, 2.75) is 13.8 Å². The third-order valence-electron chi connectivity index (χ3n) is 2.90. The Labute approximate surface area is 157 Å². The molecule has 0 aliphatic carbocycles. The third-order valence-corrected chi connectivity index (χ3v) is 4.79. The predicted molar refractivity (Wildman–Crippen MR) is 101 cm³/mol. The molecule has 128 valence electrons. The van der Waals surface area contributed by atoms with Gasteiger partial charge in [0, 0.05) is 6.92 Å². The molecule has 2 rings (SSSR count). The fourth-order valence-electron chi connectivity index (χ4n) is 1.98. The van der Waals surface area contributed by atoms with E-state index in [1.807, 2.05) is 13.0 Å². The van der Waals surface area contributed by atoms with Crippen molar-refractivity contribution in [3.63, 3.8) is 0 Å². The average molecular weight is 431 g/mol. The smallest absolute Gasteiger partial charge is 0.285 e. The molecule has 1 aromatic rings. The monoisotopic (exact) mass is 430 g/mol. The second-order valence-corrected chi connectivity index (χ2v) is 7.18. The Morgan fingerprint density at radius 2 is 2.21 bits per heavy atom. The zero-order valence-corrected chi connectivity index (χ0v) is 16.4. The molecule has 1 aromatic carbocycles. The van der Waals surface area contributed by atoms with E-state index in [2.05, 4.69) is 21.4 Å². The molecule has 24 heavy (non-hydrogen) atoms. The number of thioether (sulfide) groups is 1. The maximum Gasteiger partial charge on any atom is 0.285 e. The summed E-state index contributed by atoms with van der Waals surface area (Å²) in [6.45, 7) is 3.70. The van der Waals surface area contributed by atoms with E-state index in [1.54, 1.807) is 19.3 Å². The molecular weight excluding hydrogens is 416 g/mol. The lowest BCUT2D eigenvalue weighted by molar-refractivity contribution is -0.131. The first kappa shape index (κ1) is 18.8. The van der Waals surface area contributed by atoms with Crippen LogP contribution in [0.3, 0.4) is 0 Å². The number of amides is 2. The maximum absolute atomic E-state index is 12.3. The minimum absolute atomic E-state index is 0.276. The maximum atomic E-state index is 12.3. The topological polar surface area (TPSA) is 67.9 Å². The first-order valence-electron chi connectivity index (χ1n) is 6.92. The van der Waals surface area contributed by atoms with Gasteiger partial charge < -0.3 is 9.47 Å². The molecular formula is C15H15BrN2O4S2. The number of carbonyl (C=O) groups is 2. The van der Waals surface area contributed by atoms with Gasteiger partial charge in [-0.2, -0.15) is 5.01 Å². The summed E-state index contributed by atoms with van der Waals surface area (Å²) in [6.07, 6.45) is 1.68. The summed E-state index contributed by atoms with van der Waals surface area (Å²) in [6, 6.07) is 3.58. The highest BCUT2D eigenvalue weighted by Gasteiger charge is 2.33. The molecule has 1 N–H and O–H groups in total. The van der Waals surface area contributed by atoms with Gasteiger partial charge in [-0.25, -0.2) is 0 Å². The molecule has 0 bridgehead atoms. The van der Waals surface area contributed by atoms with Gasteiger partial charge in [-0.15, -0.1) is 0 Å². The normalized spacial score (nSPS) is 15.8. The summed E-state index contributed by atoms with van der Waals surface area (Å²) >= 11 is 9.68. The third kappa shape index (κ3) is 4.08. The zero-order chi connectivity index (χ0) is 17.9. The minimum Gasteiger partial charge on any atom is -0.493 e. The van der Waals surface area contributed by atoms with E-state index in [9.17, 15) is 9.59 Å². The van der Waals surface area contributed by atoms with Crippen molar-refractivity contribution in [2.24, 2.45) is 0 Å². The van der Waals surface area contributed by atoms with Crippen LogP contribution in [0.15, 0.2) is 21.5 Å². The molecule has 2 amide bonds. The zero-order valence-electron chi connectivity index (χ0n) is 13.2. The van der Waals surface area contributed by atoms with E-state index in [1.165, 1.54) is 6.92 Å². The highest BCUT2D eigenvalue weighted by atomic mass is 79.9. The number of methoxy groups -OCH3 is 1. The Kier molecular flexibility index (Phi) is 6.25. The number of thiocarbonyl (C=S) groups is 1. The number of nitrogens with zero attached hydrogens (tertiary/aromatic N) is 1. The van der Waals surface area contributed by atoms with E-state index in [0.717, 1.165) is 22.3 Å². The van der Waals surface area contributed by atoms with Crippen molar-refractivity contribution in [1.29, 1.82) is 0 Å². The summed E-state index contributed by atoms with van der Waals surface area (Å²) in [7, 11) is 1.55. The van der Waals surface area contributed by atoms with Crippen molar-refractivity contribution in [3.8, 4) is 11.5 Å². The van der Waals surface area contributed by atoms with Gasteiger partial charge in [0.1, 0.15) is 0 Å². The van der Waals surface area contributed by atoms with Crippen LogP contribution >= 0.6 is 39.9 Å². The lowest BCUT2D eigenvalue weighted by Crippen LogP contribution is -2.43. The minimum atomic E-state index is -0.371. The lowest BCUT2D eigenvalue weighted by atomic mass is 10.2. The number of nitrogens with one attached hydrogen (secondary N) is 1. The molecule has 0 radical (unpaired) electrons. The molecule has 1 aliphatic rings. The molecule has 0 spiro atoms. The summed E-state index contributed by atoms with van der Waals surface area (Å²) in [4.78, 5) is 23.9. The quantitative estimate of drug-likeness (QED) is 0.571. The highest BCUT2D eigenvalue weighted by molar-refractivity contribution is 9.10. The number of ether oxygens (including phenoxy) is 2. The molecule has 1 saturated heterocycles. The molecule has 1 heterocycles. The van der Waals surface area contributed by atoms with E-state index >= 15 is 0 Å².